The number of ether oxygens (including phenoxy) is 2. The number of thioether (sulfide) groups is 1. The zero-order valence-electron chi connectivity index (χ0n) is 24.7. The molecular weight excluding hydrogens is 572 g/mol. The maximum absolute atomic E-state index is 14.9. The zero-order valence-corrected chi connectivity index (χ0v) is 26.3. The molecule has 226 valence electrons. The summed E-state index contributed by atoms with van der Waals surface area (Å²) < 4.78 is 42.8. The minimum atomic E-state index is -4.06. The van der Waals surface area contributed by atoms with E-state index in [0.29, 0.717) is 36.6 Å². The molecule has 0 amide bonds. The van der Waals surface area contributed by atoms with Crippen molar-refractivity contribution >= 4 is 39.1 Å². The third kappa shape index (κ3) is 6.71. The number of methoxy groups -OCH3 is 1. The number of anilines is 2. The van der Waals surface area contributed by atoms with Crippen LogP contribution in [0.15, 0.2) is 76.5 Å². The number of carbonyl (C=O) groups is 1. The molecule has 0 saturated heterocycles. The fraction of sp³-hybridized carbons (Fsp3) is 0.406. The highest BCUT2D eigenvalue weighted by Crippen LogP contribution is 2.47. The lowest BCUT2D eigenvalue weighted by Crippen LogP contribution is -2.54. The predicted octanol–water partition coefficient (Wildman–Crippen LogP) is 6.95. The highest BCUT2D eigenvalue weighted by Gasteiger charge is 2.48. The molecule has 0 aliphatic carbocycles. The molecule has 0 fully saturated rings. The normalized spacial score (nSPS) is 18.2. The number of nitrogens with zero attached hydrogens (tertiary/aromatic N) is 2. The highest BCUT2D eigenvalue weighted by molar-refractivity contribution is 7.98. The van der Waals surface area contributed by atoms with E-state index in [4.69, 9.17) is 14.6 Å². The van der Waals surface area contributed by atoms with Crippen molar-refractivity contribution in [2.24, 2.45) is 0 Å². The SMILES string of the molecule is CCCCC1(CC)CN(c2ccccc2)c2cc(SC)c(OCCC(=O)O)cc2S(=O)(=O)N1Cc1ccc(OC)cc1. The molecule has 42 heavy (non-hydrogen) atoms. The van der Waals surface area contributed by atoms with E-state index in [1.54, 1.807) is 17.5 Å². The standard InChI is InChI=1S/C32H40N2O6S2/c1-5-7-18-32(6-2)23-33(25-11-9-8-10-12-25)27-20-29(41-4)28(40-19-17-31(35)36)21-30(27)42(37,38)34(32)22-24-13-15-26(39-3)16-14-24/h8-16,20-21H,5-7,17-19,22-23H2,1-4H3,(H,35,36). The fourth-order valence-electron chi connectivity index (χ4n) is 5.46. The van der Waals surface area contributed by atoms with Crippen LogP contribution in [0, 0.1) is 0 Å². The topological polar surface area (TPSA) is 96.4 Å². The Balaban J connectivity index is 1.96. The number of benzene rings is 3. The molecule has 0 spiro atoms. The predicted molar refractivity (Wildman–Crippen MR) is 168 cm³/mol. The van der Waals surface area contributed by atoms with Crippen LogP contribution in [0.5, 0.6) is 11.5 Å². The van der Waals surface area contributed by atoms with Crippen LogP contribution in [0.2, 0.25) is 0 Å². The van der Waals surface area contributed by atoms with Crippen LogP contribution in [0.25, 0.3) is 0 Å². The molecule has 3 aromatic carbocycles. The zero-order chi connectivity index (χ0) is 30.3. The van der Waals surface area contributed by atoms with Crippen LogP contribution in [-0.2, 0) is 21.4 Å². The van der Waals surface area contributed by atoms with Crippen LogP contribution in [0.1, 0.15) is 51.5 Å². The summed E-state index contributed by atoms with van der Waals surface area (Å²) >= 11 is 1.44. The summed E-state index contributed by atoms with van der Waals surface area (Å²) in [6.07, 6.45) is 4.85. The van der Waals surface area contributed by atoms with Gasteiger partial charge in [-0.15, -0.1) is 11.8 Å². The summed E-state index contributed by atoms with van der Waals surface area (Å²) in [5.74, 6) is 0.0900. The second kappa shape index (κ2) is 13.8. The molecule has 1 N–H and O–H groups in total. The Hall–Kier alpha value is -3.21. The number of aliphatic carboxylic acids is 1. The molecule has 0 aromatic heterocycles. The monoisotopic (exact) mass is 612 g/mol. The van der Waals surface area contributed by atoms with Crippen LogP contribution >= 0.6 is 11.8 Å². The number of sulfonamides is 1. The molecule has 3 aromatic rings. The van der Waals surface area contributed by atoms with Crippen molar-refractivity contribution in [2.75, 3.05) is 31.4 Å². The van der Waals surface area contributed by atoms with Gasteiger partial charge in [-0.1, -0.05) is 57.0 Å². The fourth-order valence-corrected chi connectivity index (χ4v) is 8.05. The molecule has 0 saturated carbocycles. The van der Waals surface area contributed by atoms with Crippen LogP contribution in [-0.4, -0.2) is 55.9 Å². The van der Waals surface area contributed by atoms with Crippen molar-refractivity contribution in [2.45, 2.75) is 67.8 Å². The van der Waals surface area contributed by atoms with E-state index in [1.807, 2.05) is 66.9 Å². The molecule has 4 rings (SSSR count). The van der Waals surface area contributed by atoms with E-state index in [9.17, 15) is 13.2 Å². The maximum atomic E-state index is 14.9. The van der Waals surface area contributed by atoms with E-state index in [0.717, 1.165) is 29.0 Å². The summed E-state index contributed by atoms with van der Waals surface area (Å²) in [4.78, 5) is 14.2. The van der Waals surface area contributed by atoms with E-state index in [2.05, 4.69) is 18.7 Å². The minimum absolute atomic E-state index is 0.0604. The summed E-state index contributed by atoms with van der Waals surface area (Å²) in [5.41, 5.74) is 1.65. The van der Waals surface area contributed by atoms with Gasteiger partial charge in [0, 0.05) is 24.8 Å². The van der Waals surface area contributed by atoms with Gasteiger partial charge in [0.1, 0.15) is 16.4 Å². The number of rotatable bonds is 13. The Kier molecular flexibility index (Phi) is 10.5. The summed E-state index contributed by atoms with van der Waals surface area (Å²) in [6.45, 7) is 4.81. The van der Waals surface area contributed by atoms with Gasteiger partial charge in [-0.25, -0.2) is 8.42 Å². The van der Waals surface area contributed by atoms with Crippen LogP contribution in [0.4, 0.5) is 11.4 Å². The van der Waals surface area contributed by atoms with Gasteiger partial charge < -0.3 is 19.5 Å². The van der Waals surface area contributed by atoms with Gasteiger partial charge in [-0.2, -0.15) is 4.31 Å². The lowest BCUT2D eigenvalue weighted by molar-refractivity contribution is -0.137. The first-order valence-corrected chi connectivity index (χ1v) is 16.9. The van der Waals surface area contributed by atoms with Gasteiger partial charge in [-0.05, 0) is 55.0 Å². The smallest absolute Gasteiger partial charge is 0.306 e. The molecule has 8 nitrogen and oxygen atoms in total. The number of carboxylic acid groups (broad SMARTS) is 1. The molecule has 1 atom stereocenters. The Labute approximate surface area is 253 Å². The lowest BCUT2D eigenvalue weighted by Gasteiger charge is -2.43. The molecule has 1 heterocycles. The van der Waals surface area contributed by atoms with Crippen molar-refractivity contribution in [3.8, 4) is 11.5 Å². The second-order valence-corrected chi connectivity index (χ2v) is 13.1. The molecular formula is C32H40N2O6S2. The van der Waals surface area contributed by atoms with E-state index in [1.165, 1.54) is 11.8 Å². The Bertz CT molecular complexity index is 1460. The molecule has 1 unspecified atom stereocenters. The number of hydrogen-bond donors (Lipinski definition) is 1. The average molecular weight is 613 g/mol. The minimum Gasteiger partial charge on any atom is -0.497 e. The third-order valence-corrected chi connectivity index (χ3v) is 10.6. The van der Waals surface area contributed by atoms with Crippen molar-refractivity contribution in [3.05, 3.63) is 72.3 Å². The summed E-state index contributed by atoms with van der Waals surface area (Å²) in [5, 5.41) is 9.15. The third-order valence-electron chi connectivity index (χ3n) is 7.87. The van der Waals surface area contributed by atoms with Gasteiger partial charge >= 0.3 is 5.97 Å². The Morgan fingerprint density at radius 2 is 1.79 bits per heavy atom. The molecule has 1 aliphatic rings. The van der Waals surface area contributed by atoms with Crippen LogP contribution in [0.3, 0.4) is 0 Å². The largest absolute Gasteiger partial charge is 0.497 e. The van der Waals surface area contributed by atoms with Crippen LogP contribution < -0.4 is 14.4 Å². The van der Waals surface area contributed by atoms with Crippen molar-refractivity contribution in [1.29, 1.82) is 0 Å². The summed E-state index contributed by atoms with van der Waals surface area (Å²) in [7, 11) is -2.45. The first-order chi connectivity index (χ1) is 20.2. The van der Waals surface area contributed by atoms with Gasteiger partial charge in [0.2, 0.25) is 10.0 Å². The van der Waals surface area contributed by atoms with Gasteiger partial charge in [0.25, 0.3) is 0 Å². The highest BCUT2D eigenvalue weighted by atomic mass is 32.2. The van der Waals surface area contributed by atoms with Crippen molar-refractivity contribution < 1.29 is 27.8 Å². The Morgan fingerprint density at radius 3 is 2.38 bits per heavy atom. The second-order valence-electron chi connectivity index (χ2n) is 10.4. The van der Waals surface area contributed by atoms with E-state index >= 15 is 0 Å². The maximum Gasteiger partial charge on any atom is 0.306 e. The summed E-state index contributed by atoms with van der Waals surface area (Å²) in [6, 6.07) is 20.9. The first-order valence-electron chi connectivity index (χ1n) is 14.2. The molecule has 0 radical (unpaired) electrons. The molecule has 0 bridgehead atoms. The van der Waals surface area contributed by atoms with E-state index < -0.39 is 21.5 Å². The van der Waals surface area contributed by atoms with E-state index in [-0.39, 0.29) is 24.5 Å². The molecule has 1 aliphatic heterocycles. The van der Waals surface area contributed by atoms with Gasteiger partial charge in [0.05, 0.1) is 36.3 Å². The number of carboxylic acids is 1. The Morgan fingerprint density at radius 1 is 1.07 bits per heavy atom. The molecule has 10 heteroatoms. The lowest BCUT2D eigenvalue weighted by atomic mass is 9.88. The number of fused-ring (bicyclic) bond motifs is 1. The first kappa shape index (κ1) is 31.7. The number of para-hydroxylation sites is 1. The quantitative estimate of drug-likeness (QED) is 0.207. The van der Waals surface area contributed by atoms with Crippen molar-refractivity contribution in [1.82, 2.24) is 4.31 Å². The van der Waals surface area contributed by atoms with Gasteiger partial charge in [-0.3, -0.25) is 4.79 Å². The van der Waals surface area contributed by atoms with Gasteiger partial charge in [0.15, 0.2) is 0 Å². The average Bonchev–Trinajstić information content (AvgIpc) is 3.07. The van der Waals surface area contributed by atoms with Crippen molar-refractivity contribution in [3.63, 3.8) is 0 Å². The number of hydrogen-bond acceptors (Lipinski definition) is 7. The number of unbranched alkanes of at least 4 members (excludes halogenated alkanes) is 1.